The van der Waals surface area contributed by atoms with Crippen LogP contribution in [0, 0.1) is 5.92 Å². The summed E-state index contributed by atoms with van der Waals surface area (Å²) in [5, 5.41) is 7.31. The standard InChI is InChI=1S/C18H21N3O2/c1-21-16(6-8-20-21)17-15(7-9-23-17)18(22)19-11-13-10-12-4-2-3-5-14(12)13/h2-6,8,13,15,17H,7,9-11H2,1H3,(H,19,22)/t13-,15-,17-/m1/s1. The van der Waals surface area contributed by atoms with Gasteiger partial charge in [-0.1, -0.05) is 24.3 Å². The molecule has 5 nitrogen and oxygen atoms in total. The van der Waals surface area contributed by atoms with Crippen molar-refractivity contribution in [1.82, 2.24) is 15.1 Å². The van der Waals surface area contributed by atoms with E-state index in [2.05, 4.69) is 34.7 Å². The molecule has 0 radical (unpaired) electrons. The molecule has 3 atom stereocenters. The molecule has 1 fully saturated rings. The number of rotatable bonds is 4. The second kappa shape index (κ2) is 5.81. The zero-order valence-corrected chi connectivity index (χ0v) is 13.2. The van der Waals surface area contributed by atoms with Gasteiger partial charge in [0, 0.05) is 32.3 Å². The molecule has 5 heteroatoms. The zero-order valence-electron chi connectivity index (χ0n) is 13.2. The average molecular weight is 311 g/mol. The Bertz CT molecular complexity index is 725. The van der Waals surface area contributed by atoms with Gasteiger partial charge in [-0.05, 0) is 30.0 Å². The quantitative estimate of drug-likeness (QED) is 0.939. The number of aryl methyl sites for hydroxylation is 1. The van der Waals surface area contributed by atoms with Crippen molar-refractivity contribution in [2.24, 2.45) is 13.0 Å². The molecular formula is C18H21N3O2. The minimum absolute atomic E-state index is 0.0954. The minimum Gasteiger partial charge on any atom is -0.371 e. The highest BCUT2D eigenvalue weighted by Gasteiger charge is 2.37. The summed E-state index contributed by atoms with van der Waals surface area (Å²) in [7, 11) is 1.89. The lowest BCUT2D eigenvalue weighted by Gasteiger charge is -2.30. The number of carbonyl (C=O) groups is 1. The first-order valence-corrected chi connectivity index (χ1v) is 8.19. The highest BCUT2D eigenvalue weighted by atomic mass is 16.5. The normalized spacial score (nSPS) is 25.7. The number of nitrogens with one attached hydrogen (secondary N) is 1. The molecule has 0 bridgehead atoms. The predicted octanol–water partition coefficient (Wildman–Crippen LogP) is 1.95. The largest absolute Gasteiger partial charge is 0.371 e. The molecule has 2 aliphatic rings. The maximum Gasteiger partial charge on any atom is 0.226 e. The summed E-state index contributed by atoms with van der Waals surface area (Å²) in [5.41, 5.74) is 3.75. The fourth-order valence-electron chi connectivity index (χ4n) is 3.71. The van der Waals surface area contributed by atoms with Crippen molar-refractivity contribution in [3.63, 3.8) is 0 Å². The first-order valence-electron chi connectivity index (χ1n) is 8.19. The first-order chi connectivity index (χ1) is 11.2. The Labute approximate surface area is 135 Å². The van der Waals surface area contributed by atoms with Crippen molar-refractivity contribution >= 4 is 5.91 Å². The Morgan fingerprint density at radius 1 is 1.39 bits per heavy atom. The van der Waals surface area contributed by atoms with Crippen LogP contribution in [-0.4, -0.2) is 28.8 Å². The van der Waals surface area contributed by atoms with Crippen LogP contribution in [0.4, 0.5) is 0 Å². The van der Waals surface area contributed by atoms with Gasteiger partial charge in [0.2, 0.25) is 5.91 Å². The van der Waals surface area contributed by atoms with Crippen LogP contribution < -0.4 is 5.32 Å². The van der Waals surface area contributed by atoms with Crippen molar-refractivity contribution in [3.8, 4) is 0 Å². The number of ether oxygens (including phenoxy) is 1. The van der Waals surface area contributed by atoms with Gasteiger partial charge < -0.3 is 10.1 Å². The lowest BCUT2D eigenvalue weighted by atomic mass is 9.77. The van der Waals surface area contributed by atoms with E-state index in [0.29, 0.717) is 19.1 Å². The molecule has 0 spiro atoms. The maximum absolute atomic E-state index is 12.6. The van der Waals surface area contributed by atoms with Crippen LogP contribution in [0.25, 0.3) is 0 Å². The van der Waals surface area contributed by atoms with Gasteiger partial charge in [0.25, 0.3) is 0 Å². The number of hydrogen-bond donors (Lipinski definition) is 1. The third kappa shape index (κ3) is 2.55. The van der Waals surface area contributed by atoms with Crippen LogP contribution in [0.5, 0.6) is 0 Å². The molecule has 23 heavy (non-hydrogen) atoms. The van der Waals surface area contributed by atoms with Gasteiger partial charge in [-0.15, -0.1) is 0 Å². The second-order valence-corrected chi connectivity index (χ2v) is 6.41. The van der Waals surface area contributed by atoms with Gasteiger partial charge in [-0.3, -0.25) is 9.48 Å². The Hall–Kier alpha value is -2.14. The van der Waals surface area contributed by atoms with Gasteiger partial charge in [0.05, 0.1) is 11.6 Å². The summed E-state index contributed by atoms with van der Waals surface area (Å²) in [6.07, 6.45) is 3.39. The third-order valence-electron chi connectivity index (χ3n) is 5.06. The molecule has 1 amide bonds. The molecule has 120 valence electrons. The van der Waals surface area contributed by atoms with Crippen LogP contribution in [0.3, 0.4) is 0 Å². The Kier molecular flexibility index (Phi) is 3.65. The van der Waals surface area contributed by atoms with Crippen molar-refractivity contribution < 1.29 is 9.53 Å². The van der Waals surface area contributed by atoms with E-state index in [0.717, 1.165) is 18.5 Å². The van der Waals surface area contributed by atoms with Gasteiger partial charge >= 0.3 is 0 Å². The summed E-state index contributed by atoms with van der Waals surface area (Å²) in [4.78, 5) is 12.6. The molecule has 1 aliphatic carbocycles. The second-order valence-electron chi connectivity index (χ2n) is 6.41. The molecule has 1 aliphatic heterocycles. The van der Waals surface area contributed by atoms with Crippen LogP contribution in [0.1, 0.15) is 35.3 Å². The molecule has 1 saturated heterocycles. The number of benzene rings is 1. The van der Waals surface area contributed by atoms with Crippen molar-refractivity contribution in [1.29, 1.82) is 0 Å². The number of fused-ring (bicyclic) bond motifs is 1. The molecule has 2 heterocycles. The third-order valence-corrected chi connectivity index (χ3v) is 5.06. The minimum atomic E-state index is -0.184. The molecule has 1 aromatic carbocycles. The van der Waals surface area contributed by atoms with Crippen molar-refractivity contribution in [2.45, 2.75) is 24.9 Å². The topological polar surface area (TPSA) is 56.2 Å². The Balaban J connectivity index is 1.39. The van der Waals surface area contributed by atoms with E-state index in [1.54, 1.807) is 10.9 Å². The number of aromatic nitrogens is 2. The lowest BCUT2D eigenvalue weighted by Crippen LogP contribution is -2.37. The van der Waals surface area contributed by atoms with Crippen molar-refractivity contribution in [2.75, 3.05) is 13.2 Å². The van der Waals surface area contributed by atoms with Gasteiger partial charge in [-0.25, -0.2) is 0 Å². The Morgan fingerprint density at radius 2 is 2.26 bits per heavy atom. The highest BCUT2D eigenvalue weighted by molar-refractivity contribution is 5.79. The lowest BCUT2D eigenvalue weighted by molar-refractivity contribution is -0.127. The first kappa shape index (κ1) is 14.5. The van der Waals surface area contributed by atoms with E-state index in [-0.39, 0.29) is 17.9 Å². The summed E-state index contributed by atoms with van der Waals surface area (Å²) in [6.45, 7) is 1.34. The molecule has 1 N–H and O–H groups in total. The van der Waals surface area contributed by atoms with Crippen molar-refractivity contribution in [3.05, 3.63) is 53.3 Å². The van der Waals surface area contributed by atoms with Gasteiger partial charge in [0.1, 0.15) is 6.10 Å². The van der Waals surface area contributed by atoms with E-state index in [9.17, 15) is 4.79 Å². The van der Waals surface area contributed by atoms with Crippen LogP contribution in [-0.2, 0) is 23.0 Å². The molecular weight excluding hydrogens is 290 g/mol. The highest BCUT2D eigenvalue weighted by Crippen LogP contribution is 2.36. The molecule has 0 saturated carbocycles. The summed E-state index contributed by atoms with van der Waals surface area (Å²) < 4.78 is 7.58. The SMILES string of the molecule is Cn1nccc1[C@@H]1OCC[C@H]1C(=O)NC[C@H]1Cc2ccccc21. The number of nitrogens with zero attached hydrogens (tertiary/aromatic N) is 2. The van der Waals surface area contributed by atoms with E-state index >= 15 is 0 Å². The molecule has 4 rings (SSSR count). The zero-order chi connectivity index (χ0) is 15.8. The fraction of sp³-hybridized carbons (Fsp3) is 0.444. The van der Waals surface area contributed by atoms with E-state index in [4.69, 9.17) is 4.74 Å². The van der Waals surface area contributed by atoms with Crippen LogP contribution in [0.15, 0.2) is 36.5 Å². The average Bonchev–Trinajstić information content (AvgIpc) is 3.16. The fourth-order valence-corrected chi connectivity index (χ4v) is 3.71. The number of amides is 1. The summed E-state index contributed by atoms with van der Waals surface area (Å²) in [6, 6.07) is 10.4. The molecule has 1 aromatic heterocycles. The molecule has 0 unspecified atom stereocenters. The summed E-state index contributed by atoms with van der Waals surface area (Å²) >= 11 is 0. The summed E-state index contributed by atoms with van der Waals surface area (Å²) in [5.74, 6) is 0.423. The van der Waals surface area contributed by atoms with E-state index < -0.39 is 0 Å². The van der Waals surface area contributed by atoms with Gasteiger partial charge in [-0.2, -0.15) is 5.10 Å². The monoisotopic (exact) mass is 311 g/mol. The number of carbonyl (C=O) groups excluding carboxylic acids is 1. The van der Waals surface area contributed by atoms with Crippen LogP contribution >= 0.6 is 0 Å². The smallest absolute Gasteiger partial charge is 0.226 e. The van der Waals surface area contributed by atoms with E-state index in [1.807, 2.05) is 13.1 Å². The molecule has 2 aromatic rings. The predicted molar refractivity (Wildman–Crippen MR) is 85.9 cm³/mol. The number of hydrogen-bond acceptors (Lipinski definition) is 3. The Morgan fingerprint density at radius 3 is 3.04 bits per heavy atom. The maximum atomic E-state index is 12.6. The van der Waals surface area contributed by atoms with Crippen LogP contribution in [0.2, 0.25) is 0 Å². The van der Waals surface area contributed by atoms with E-state index in [1.165, 1.54) is 11.1 Å². The van der Waals surface area contributed by atoms with Gasteiger partial charge in [0.15, 0.2) is 0 Å².